The average molecular weight is 428 g/mol. The van der Waals surface area contributed by atoms with Crippen molar-refractivity contribution in [2.45, 2.75) is 39.2 Å². The van der Waals surface area contributed by atoms with Crippen LogP contribution in [0.25, 0.3) is 0 Å². The van der Waals surface area contributed by atoms with Gasteiger partial charge in [-0.1, -0.05) is 28.1 Å². The molecular formula is C18H26BrN3O4. The lowest BCUT2D eigenvalue weighted by molar-refractivity contribution is -0.122. The van der Waals surface area contributed by atoms with Crippen LogP contribution in [-0.2, 0) is 20.7 Å². The molecule has 26 heavy (non-hydrogen) atoms. The predicted molar refractivity (Wildman–Crippen MR) is 103 cm³/mol. The number of nitrogens with one attached hydrogen (secondary N) is 3. The van der Waals surface area contributed by atoms with Crippen molar-refractivity contribution >= 4 is 33.8 Å². The van der Waals surface area contributed by atoms with E-state index in [1.54, 1.807) is 20.8 Å². The van der Waals surface area contributed by atoms with E-state index in [2.05, 4.69) is 31.9 Å². The lowest BCUT2D eigenvalue weighted by Gasteiger charge is -2.19. The zero-order valence-electron chi connectivity index (χ0n) is 15.4. The molecule has 0 fully saturated rings. The van der Waals surface area contributed by atoms with Gasteiger partial charge in [-0.15, -0.1) is 0 Å². The van der Waals surface area contributed by atoms with Gasteiger partial charge < -0.3 is 20.7 Å². The van der Waals surface area contributed by atoms with Crippen molar-refractivity contribution in [3.05, 3.63) is 34.3 Å². The zero-order chi connectivity index (χ0) is 19.6. The Hall–Kier alpha value is -2.09. The minimum Gasteiger partial charge on any atom is -0.444 e. The Balaban J connectivity index is 2.09. The SMILES string of the molecule is CC(C)(C)OC(=O)NCCC(=O)NCCNC(=O)Cc1ccc(Br)cc1. The van der Waals surface area contributed by atoms with Gasteiger partial charge in [-0.2, -0.15) is 0 Å². The Kier molecular flexibility index (Phi) is 9.12. The fraction of sp³-hybridized carbons (Fsp3) is 0.500. The molecule has 0 aliphatic rings. The highest BCUT2D eigenvalue weighted by molar-refractivity contribution is 9.10. The van der Waals surface area contributed by atoms with Crippen molar-refractivity contribution in [1.82, 2.24) is 16.0 Å². The van der Waals surface area contributed by atoms with Crippen molar-refractivity contribution in [1.29, 1.82) is 0 Å². The molecule has 8 heteroatoms. The molecule has 0 saturated carbocycles. The van der Waals surface area contributed by atoms with Crippen LogP contribution in [0.4, 0.5) is 4.79 Å². The van der Waals surface area contributed by atoms with Crippen LogP contribution in [0.15, 0.2) is 28.7 Å². The zero-order valence-corrected chi connectivity index (χ0v) is 16.9. The smallest absolute Gasteiger partial charge is 0.407 e. The van der Waals surface area contributed by atoms with Crippen molar-refractivity contribution in [3.63, 3.8) is 0 Å². The molecule has 0 saturated heterocycles. The summed E-state index contributed by atoms with van der Waals surface area (Å²) in [5.74, 6) is -0.309. The minimum absolute atomic E-state index is 0.104. The summed E-state index contributed by atoms with van der Waals surface area (Å²) in [7, 11) is 0. The lowest BCUT2D eigenvalue weighted by atomic mass is 10.1. The highest BCUT2D eigenvalue weighted by Gasteiger charge is 2.15. The molecule has 0 unspecified atom stereocenters. The fourth-order valence-corrected chi connectivity index (χ4v) is 2.20. The van der Waals surface area contributed by atoms with Crippen LogP contribution < -0.4 is 16.0 Å². The first-order valence-corrected chi connectivity index (χ1v) is 9.20. The summed E-state index contributed by atoms with van der Waals surface area (Å²) in [5.41, 5.74) is 0.351. The van der Waals surface area contributed by atoms with Gasteiger partial charge in [-0.05, 0) is 38.5 Å². The second-order valence-electron chi connectivity index (χ2n) is 6.68. The molecule has 0 heterocycles. The number of benzene rings is 1. The number of hydrogen-bond acceptors (Lipinski definition) is 4. The Bertz CT molecular complexity index is 612. The number of halogens is 1. The summed E-state index contributed by atoms with van der Waals surface area (Å²) in [6.07, 6.45) is -0.113. The van der Waals surface area contributed by atoms with E-state index in [0.29, 0.717) is 19.5 Å². The van der Waals surface area contributed by atoms with Crippen molar-refractivity contribution < 1.29 is 19.1 Å². The van der Waals surface area contributed by atoms with E-state index < -0.39 is 11.7 Å². The second kappa shape index (κ2) is 10.8. The Morgan fingerprint density at radius 1 is 0.923 bits per heavy atom. The monoisotopic (exact) mass is 427 g/mol. The number of amides is 3. The van der Waals surface area contributed by atoms with Crippen LogP contribution in [0.1, 0.15) is 32.8 Å². The molecule has 7 nitrogen and oxygen atoms in total. The molecule has 3 N–H and O–H groups in total. The number of rotatable bonds is 8. The van der Waals surface area contributed by atoms with E-state index in [4.69, 9.17) is 4.74 Å². The van der Waals surface area contributed by atoms with E-state index in [-0.39, 0.29) is 24.8 Å². The highest BCUT2D eigenvalue weighted by Crippen LogP contribution is 2.10. The van der Waals surface area contributed by atoms with Crippen LogP contribution in [0.5, 0.6) is 0 Å². The van der Waals surface area contributed by atoms with Gasteiger partial charge in [0, 0.05) is 30.5 Å². The summed E-state index contributed by atoms with van der Waals surface area (Å²) in [5, 5.41) is 7.94. The first-order valence-electron chi connectivity index (χ1n) is 8.40. The summed E-state index contributed by atoms with van der Waals surface area (Å²) in [6.45, 7) is 6.17. The van der Waals surface area contributed by atoms with Gasteiger partial charge in [0.25, 0.3) is 0 Å². The second-order valence-corrected chi connectivity index (χ2v) is 7.60. The third kappa shape index (κ3) is 10.7. The average Bonchev–Trinajstić information content (AvgIpc) is 2.52. The maximum absolute atomic E-state index is 11.8. The van der Waals surface area contributed by atoms with Crippen LogP contribution in [0.3, 0.4) is 0 Å². The highest BCUT2D eigenvalue weighted by atomic mass is 79.9. The molecule has 1 aromatic rings. The molecule has 0 bridgehead atoms. The summed E-state index contributed by atoms with van der Waals surface area (Å²) in [6, 6.07) is 7.52. The van der Waals surface area contributed by atoms with Gasteiger partial charge in [0.1, 0.15) is 5.60 Å². The molecule has 0 radical (unpaired) electrons. The molecule has 144 valence electrons. The fourth-order valence-electron chi connectivity index (χ4n) is 1.93. The number of carbonyl (C=O) groups is 3. The summed E-state index contributed by atoms with van der Waals surface area (Å²) >= 11 is 3.34. The number of carbonyl (C=O) groups excluding carboxylic acids is 3. The molecule has 0 atom stereocenters. The van der Waals surface area contributed by atoms with Gasteiger partial charge in [0.05, 0.1) is 6.42 Å². The maximum atomic E-state index is 11.8. The predicted octanol–water partition coefficient (Wildman–Crippen LogP) is 2.14. The van der Waals surface area contributed by atoms with E-state index in [1.165, 1.54) is 0 Å². The van der Waals surface area contributed by atoms with Gasteiger partial charge in [0.15, 0.2) is 0 Å². The van der Waals surface area contributed by atoms with Gasteiger partial charge in [0.2, 0.25) is 11.8 Å². The number of hydrogen-bond donors (Lipinski definition) is 3. The quantitative estimate of drug-likeness (QED) is 0.553. The van der Waals surface area contributed by atoms with Crippen LogP contribution >= 0.6 is 15.9 Å². The van der Waals surface area contributed by atoms with Gasteiger partial charge in [-0.25, -0.2) is 4.79 Å². The van der Waals surface area contributed by atoms with Crippen LogP contribution in [0, 0.1) is 0 Å². The lowest BCUT2D eigenvalue weighted by Crippen LogP contribution is -2.37. The molecule has 1 rings (SSSR count). The molecule has 1 aromatic carbocycles. The van der Waals surface area contributed by atoms with E-state index in [1.807, 2.05) is 24.3 Å². The molecule has 0 aliphatic heterocycles. The summed E-state index contributed by atoms with van der Waals surface area (Å²) in [4.78, 5) is 34.9. The molecule has 0 aliphatic carbocycles. The van der Waals surface area contributed by atoms with Crippen LogP contribution in [-0.4, -0.2) is 43.1 Å². The Labute approximate surface area is 162 Å². The number of alkyl carbamates (subject to hydrolysis) is 1. The third-order valence-corrected chi connectivity index (χ3v) is 3.60. The van der Waals surface area contributed by atoms with Gasteiger partial charge in [-0.3, -0.25) is 9.59 Å². The Morgan fingerprint density at radius 3 is 2.08 bits per heavy atom. The topological polar surface area (TPSA) is 96.5 Å². The first kappa shape index (κ1) is 22.0. The third-order valence-electron chi connectivity index (χ3n) is 3.07. The normalized spacial score (nSPS) is 10.8. The van der Waals surface area contributed by atoms with Crippen molar-refractivity contribution in [3.8, 4) is 0 Å². The largest absolute Gasteiger partial charge is 0.444 e. The molecule has 3 amide bonds. The number of ether oxygens (including phenoxy) is 1. The van der Waals surface area contributed by atoms with Crippen LogP contribution in [0.2, 0.25) is 0 Å². The van der Waals surface area contributed by atoms with Crippen molar-refractivity contribution in [2.75, 3.05) is 19.6 Å². The van der Waals surface area contributed by atoms with Gasteiger partial charge >= 0.3 is 6.09 Å². The molecule has 0 spiro atoms. The molecular weight excluding hydrogens is 402 g/mol. The van der Waals surface area contributed by atoms with Crippen molar-refractivity contribution in [2.24, 2.45) is 0 Å². The van der Waals surface area contributed by atoms with E-state index in [9.17, 15) is 14.4 Å². The molecule has 0 aromatic heterocycles. The maximum Gasteiger partial charge on any atom is 0.407 e. The standard InChI is InChI=1S/C18H26BrN3O4/c1-18(2,3)26-17(25)22-9-8-15(23)20-10-11-21-16(24)12-13-4-6-14(19)7-5-13/h4-7H,8-12H2,1-3H3,(H,20,23)(H,21,24)(H,22,25). The first-order chi connectivity index (χ1) is 12.2. The summed E-state index contributed by atoms with van der Waals surface area (Å²) < 4.78 is 6.03. The van der Waals surface area contributed by atoms with E-state index in [0.717, 1.165) is 10.0 Å². The van der Waals surface area contributed by atoms with E-state index >= 15 is 0 Å². The Morgan fingerprint density at radius 2 is 1.50 bits per heavy atom. The minimum atomic E-state index is -0.569.